The topological polar surface area (TPSA) is 37.8 Å². The standard InChI is InChI=1S/C8H8ClN3S/c9-2-3-10-8-7-6(1-4-13-7)11-5-12-8/h1,4-5H,2-3H2,(H,10,11,12). The van der Waals surface area contributed by atoms with Gasteiger partial charge in [0, 0.05) is 12.4 Å². The summed E-state index contributed by atoms with van der Waals surface area (Å²) in [5.41, 5.74) is 0.983. The van der Waals surface area contributed by atoms with E-state index in [-0.39, 0.29) is 0 Å². The summed E-state index contributed by atoms with van der Waals surface area (Å²) in [7, 11) is 0. The van der Waals surface area contributed by atoms with Crippen LogP contribution in [0.5, 0.6) is 0 Å². The van der Waals surface area contributed by atoms with Gasteiger partial charge in [-0.25, -0.2) is 9.97 Å². The van der Waals surface area contributed by atoms with E-state index in [0.717, 1.165) is 22.6 Å². The highest BCUT2D eigenvalue weighted by atomic mass is 35.5. The van der Waals surface area contributed by atoms with Gasteiger partial charge in [-0.05, 0) is 11.4 Å². The van der Waals surface area contributed by atoms with Gasteiger partial charge in [-0.15, -0.1) is 22.9 Å². The molecule has 0 aliphatic carbocycles. The van der Waals surface area contributed by atoms with Gasteiger partial charge >= 0.3 is 0 Å². The van der Waals surface area contributed by atoms with Gasteiger partial charge in [-0.2, -0.15) is 0 Å². The van der Waals surface area contributed by atoms with E-state index in [4.69, 9.17) is 11.6 Å². The van der Waals surface area contributed by atoms with Gasteiger partial charge in [0.05, 0.1) is 10.2 Å². The minimum absolute atomic E-state index is 0.580. The van der Waals surface area contributed by atoms with Crippen LogP contribution in [0, 0.1) is 0 Å². The summed E-state index contributed by atoms with van der Waals surface area (Å²) >= 11 is 7.21. The molecule has 0 aliphatic rings. The molecule has 13 heavy (non-hydrogen) atoms. The number of aromatic nitrogens is 2. The molecule has 0 bridgehead atoms. The quantitative estimate of drug-likeness (QED) is 0.796. The van der Waals surface area contributed by atoms with Gasteiger partial charge in [0.2, 0.25) is 0 Å². The fourth-order valence-electron chi connectivity index (χ4n) is 1.08. The second-order valence-electron chi connectivity index (χ2n) is 2.47. The number of fused-ring (bicyclic) bond motifs is 1. The van der Waals surface area contributed by atoms with E-state index >= 15 is 0 Å². The molecule has 0 saturated carbocycles. The van der Waals surface area contributed by atoms with Crippen molar-refractivity contribution >= 4 is 39.0 Å². The van der Waals surface area contributed by atoms with Crippen LogP contribution >= 0.6 is 22.9 Å². The normalized spacial score (nSPS) is 10.5. The molecule has 2 rings (SSSR count). The molecular formula is C8H8ClN3S. The third-order valence-electron chi connectivity index (χ3n) is 1.63. The Hall–Kier alpha value is -0.870. The molecular weight excluding hydrogens is 206 g/mol. The van der Waals surface area contributed by atoms with E-state index in [2.05, 4.69) is 15.3 Å². The molecule has 0 unspecified atom stereocenters. The summed E-state index contributed by atoms with van der Waals surface area (Å²) in [5.74, 6) is 1.46. The van der Waals surface area contributed by atoms with Crippen LogP contribution in [0.25, 0.3) is 10.2 Å². The second-order valence-corrected chi connectivity index (χ2v) is 3.77. The summed E-state index contributed by atoms with van der Waals surface area (Å²) in [6, 6.07) is 1.98. The van der Waals surface area contributed by atoms with Gasteiger partial charge < -0.3 is 5.32 Å². The Morgan fingerprint density at radius 1 is 1.46 bits per heavy atom. The molecule has 68 valence electrons. The largest absolute Gasteiger partial charge is 0.368 e. The molecule has 2 aromatic heterocycles. The van der Waals surface area contributed by atoms with Gasteiger partial charge in [0.15, 0.2) is 0 Å². The number of thiophene rings is 1. The smallest absolute Gasteiger partial charge is 0.147 e. The summed E-state index contributed by atoms with van der Waals surface area (Å²) in [5, 5.41) is 5.16. The lowest BCUT2D eigenvalue weighted by atomic mass is 10.4. The van der Waals surface area contributed by atoms with Gasteiger partial charge in [-0.3, -0.25) is 0 Å². The molecule has 0 radical (unpaired) electrons. The lowest BCUT2D eigenvalue weighted by Gasteiger charge is -2.02. The zero-order chi connectivity index (χ0) is 9.10. The van der Waals surface area contributed by atoms with Crippen LogP contribution < -0.4 is 5.32 Å². The fraction of sp³-hybridized carbons (Fsp3) is 0.250. The van der Waals surface area contributed by atoms with Crippen LogP contribution in [0.4, 0.5) is 5.82 Å². The molecule has 2 aromatic rings. The molecule has 0 amide bonds. The molecule has 0 atom stereocenters. The van der Waals surface area contributed by atoms with Crippen molar-refractivity contribution in [1.29, 1.82) is 0 Å². The molecule has 0 spiro atoms. The number of hydrogen-bond acceptors (Lipinski definition) is 4. The van der Waals surface area contributed by atoms with Crippen molar-refractivity contribution in [2.75, 3.05) is 17.7 Å². The van der Waals surface area contributed by atoms with Crippen molar-refractivity contribution in [2.24, 2.45) is 0 Å². The van der Waals surface area contributed by atoms with E-state index in [9.17, 15) is 0 Å². The third kappa shape index (κ3) is 1.73. The average molecular weight is 214 g/mol. The first-order valence-corrected chi connectivity index (χ1v) is 5.31. The SMILES string of the molecule is ClCCNc1ncnc2ccsc12. The third-order valence-corrected chi connectivity index (χ3v) is 2.73. The lowest BCUT2D eigenvalue weighted by molar-refractivity contribution is 1.15. The molecule has 0 aromatic carbocycles. The number of hydrogen-bond donors (Lipinski definition) is 1. The number of nitrogens with one attached hydrogen (secondary N) is 1. The Labute approximate surface area is 84.8 Å². The zero-order valence-electron chi connectivity index (χ0n) is 6.83. The van der Waals surface area contributed by atoms with Gasteiger partial charge in [-0.1, -0.05) is 0 Å². The highest BCUT2D eigenvalue weighted by Gasteiger charge is 2.02. The fourth-order valence-corrected chi connectivity index (χ4v) is 1.99. The van der Waals surface area contributed by atoms with Crippen LogP contribution in [0.2, 0.25) is 0 Å². The van der Waals surface area contributed by atoms with Crippen molar-refractivity contribution in [3.05, 3.63) is 17.8 Å². The highest BCUT2D eigenvalue weighted by Crippen LogP contribution is 2.24. The summed E-state index contributed by atoms with van der Waals surface area (Å²) in [6.07, 6.45) is 1.56. The minimum atomic E-state index is 0.580. The summed E-state index contributed by atoms with van der Waals surface area (Å²) < 4.78 is 1.09. The van der Waals surface area contributed by atoms with E-state index in [0.29, 0.717) is 5.88 Å². The van der Waals surface area contributed by atoms with Crippen molar-refractivity contribution in [1.82, 2.24) is 9.97 Å². The average Bonchev–Trinajstić information content (AvgIpc) is 2.62. The van der Waals surface area contributed by atoms with Crippen LogP contribution in [0.3, 0.4) is 0 Å². The number of anilines is 1. The maximum atomic E-state index is 5.57. The van der Waals surface area contributed by atoms with E-state index in [1.54, 1.807) is 17.7 Å². The predicted molar refractivity (Wildman–Crippen MR) is 56.6 cm³/mol. The number of halogens is 1. The van der Waals surface area contributed by atoms with E-state index < -0.39 is 0 Å². The van der Waals surface area contributed by atoms with E-state index in [1.807, 2.05) is 11.4 Å². The first-order valence-electron chi connectivity index (χ1n) is 3.90. The first-order chi connectivity index (χ1) is 6.42. The highest BCUT2D eigenvalue weighted by molar-refractivity contribution is 7.17. The maximum Gasteiger partial charge on any atom is 0.147 e. The minimum Gasteiger partial charge on any atom is -0.368 e. The van der Waals surface area contributed by atoms with E-state index in [1.165, 1.54) is 0 Å². The monoisotopic (exact) mass is 213 g/mol. The first kappa shape index (κ1) is 8.72. The molecule has 2 heterocycles. The Bertz CT molecular complexity index is 401. The number of nitrogens with zero attached hydrogens (tertiary/aromatic N) is 2. The molecule has 0 fully saturated rings. The van der Waals surface area contributed by atoms with Crippen LogP contribution in [0.15, 0.2) is 17.8 Å². The van der Waals surface area contributed by atoms with Crippen molar-refractivity contribution in [3.8, 4) is 0 Å². The molecule has 1 N–H and O–H groups in total. The van der Waals surface area contributed by atoms with Crippen LogP contribution in [-0.2, 0) is 0 Å². The van der Waals surface area contributed by atoms with Gasteiger partial charge in [0.1, 0.15) is 12.1 Å². The molecule has 5 heteroatoms. The Morgan fingerprint density at radius 3 is 3.23 bits per heavy atom. The molecule has 0 aliphatic heterocycles. The maximum absolute atomic E-state index is 5.57. The second kappa shape index (κ2) is 3.89. The number of rotatable bonds is 3. The Balaban J connectivity index is 2.37. The van der Waals surface area contributed by atoms with Crippen molar-refractivity contribution < 1.29 is 0 Å². The zero-order valence-corrected chi connectivity index (χ0v) is 8.40. The molecule has 3 nitrogen and oxygen atoms in total. The Morgan fingerprint density at radius 2 is 2.38 bits per heavy atom. The van der Waals surface area contributed by atoms with Crippen LogP contribution in [0.1, 0.15) is 0 Å². The predicted octanol–water partition coefficient (Wildman–Crippen LogP) is 2.34. The summed E-state index contributed by atoms with van der Waals surface area (Å²) in [4.78, 5) is 8.28. The Kier molecular flexibility index (Phi) is 2.61. The van der Waals surface area contributed by atoms with Crippen LogP contribution in [-0.4, -0.2) is 22.4 Å². The van der Waals surface area contributed by atoms with Gasteiger partial charge in [0.25, 0.3) is 0 Å². The summed E-state index contributed by atoms with van der Waals surface area (Å²) in [6.45, 7) is 0.728. The van der Waals surface area contributed by atoms with Crippen molar-refractivity contribution in [2.45, 2.75) is 0 Å². The lowest BCUT2D eigenvalue weighted by Crippen LogP contribution is -2.04. The number of alkyl halides is 1. The molecule has 0 saturated heterocycles. The van der Waals surface area contributed by atoms with Crippen molar-refractivity contribution in [3.63, 3.8) is 0 Å².